The first-order valence-electron chi connectivity index (χ1n) is 24.4. The first-order valence-corrected chi connectivity index (χ1v) is 24.4. The minimum atomic E-state index is -0.146. The molecule has 3 aliphatic rings. The standard InChI is InChI=1S/C65H71/c1-37(2)36-65(17)54-33-40(61(6,7)8)23-26-49(54)58-50(30-41(35-56(58)65)62(9,10)11)38-21-24-43-47-28-27-44(45-19-18-20-46(57(45)47)51(43)29-38)52-31-42(63(12,13)14)34-55-59(52)48-25-22-39(60(3,4)5)32-53(48)64(55,15)16/h18-35,37H,1,36H2,2-17H3/q-1. The SMILES string of the molecule is [CH2-]C(C)CC1(C)c2cc(C(C)(C)C)ccc2-c2c(-c3ccc4c(c3)-c3cccc5c(-c6cc(C(C)(C)C)cc7c6-c6ccc(C(C)(C)C)cc6C7(C)C)ccc-4c35)cc(C(C)(C)C)cc21. The molecule has 0 saturated heterocycles. The number of hydrogen-bond donors (Lipinski definition) is 0. The van der Waals surface area contributed by atoms with Crippen molar-refractivity contribution in [3.05, 3.63) is 161 Å². The Hall–Kier alpha value is -5.20. The highest BCUT2D eigenvalue weighted by Crippen LogP contribution is 2.59. The maximum atomic E-state index is 4.58. The van der Waals surface area contributed by atoms with Gasteiger partial charge in [-0.2, -0.15) is 5.92 Å². The van der Waals surface area contributed by atoms with Crippen LogP contribution in [0.25, 0.3) is 77.5 Å². The van der Waals surface area contributed by atoms with E-state index in [-0.39, 0.29) is 32.5 Å². The van der Waals surface area contributed by atoms with Gasteiger partial charge in [-0.25, -0.2) is 0 Å². The first kappa shape index (κ1) is 43.7. The Bertz CT molecular complexity index is 3150. The predicted molar refractivity (Wildman–Crippen MR) is 283 cm³/mol. The molecule has 0 amide bonds. The van der Waals surface area contributed by atoms with Crippen LogP contribution in [0, 0.1) is 12.8 Å². The molecule has 0 spiro atoms. The zero-order chi connectivity index (χ0) is 46.7. The van der Waals surface area contributed by atoms with Crippen molar-refractivity contribution >= 4 is 10.8 Å². The summed E-state index contributed by atoms with van der Waals surface area (Å²) in [6.45, 7) is 42.4. The summed E-state index contributed by atoms with van der Waals surface area (Å²) in [7, 11) is 0. The molecule has 65 heavy (non-hydrogen) atoms. The highest BCUT2D eigenvalue weighted by atomic mass is 14.5. The summed E-state index contributed by atoms with van der Waals surface area (Å²) in [4.78, 5) is 0. The lowest BCUT2D eigenvalue weighted by Crippen LogP contribution is -2.25. The zero-order valence-electron chi connectivity index (χ0n) is 42.4. The maximum absolute atomic E-state index is 4.58. The van der Waals surface area contributed by atoms with E-state index in [0.29, 0.717) is 5.92 Å². The van der Waals surface area contributed by atoms with Gasteiger partial charge >= 0.3 is 0 Å². The Morgan fingerprint density at radius 1 is 0.415 bits per heavy atom. The third-order valence-corrected chi connectivity index (χ3v) is 15.9. The number of benzene rings is 7. The summed E-state index contributed by atoms with van der Waals surface area (Å²) in [5.41, 5.74) is 27.4. The van der Waals surface area contributed by atoms with Gasteiger partial charge in [0.15, 0.2) is 0 Å². The van der Waals surface area contributed by atoms with E-state index in [1.807, 2.05) is 0 Å². The van der Waals surface area contributed by atoms with Crippen LogP contribution < -0.4 is 0 Å². The van der Waals surface area contributed by atoms with Crippen LogP contribution in [0.15, 0.2) is 109 Å². The van der Waals surface area contributed by atoms with Gasteiger partial charge in [0.2, 0.25) is 0 Å². The molecule has 332 valence electrons. The van der Waals surface area contributed by atoms with E-state index in [4.69, 9.17) is 0 Å². The van der Waals surface area contributed by atoms with Gasteiger partial charge in [0.05, 0.1) is 0 Å². The van der Waals surface area contributed by atoms with Crippen LogP contribution in [-0.4, -0.2) is 0 Å². The van der Waals surface area contributed by atoms with Crippen molar-refractivity contribution in [3.8, 4) is 66.8 Å². The normalized spacial score (nSPS) is 17.5. The van der Waals surface area contributed by atoms with Gasteiger partial charge < -0.3 is 6.92 Å². The minimum Gasteiger partial charge on any atom is -0.340 e. The second-order valence-corrected chi connectivity index (χ2v) is 25.3. The van der Waals surface area contributed by atoms with Crippen molar-refractivity contribution in [2.45, 2.75) is 150 Å². The first-order chi connectivity index (χ1) is 30.2. The average molecular weight is 852 g/mol. The molecule has 7 aromatic carbocycles. The van der Waals surface area contributed by atoms with Gasteiger partial charge in [-0.1, -0.05) is 208 Å². The highest BCUT2D eigenvalue weighted by Gasteiger charge is 2.43. The molecule has 0 N–H and O–H groups in total. The number of rotatable bonds is 4. The summed E-state index contributed by atoms with van der Waals surface area (Å²) >= 11 is 0. The average Bonchev–Trinajstić information content (AvgIpc) is 3.76. The van der Waals surface area contributed by atoms with E-state index in [1.54, 1.807) is 0 Å². The topological polar surface area (TPSA) is 0 Å². The van der Waals surface area contributed by atoms with Crippen LogP contribution in [0.4, 0.5) is 0 Å². The van der Waals surface area contributed by atoms with Crippen molar-refractivity contribution in [3.63, 3.8) is 0 Å². The quantitative estimate of drug-likeness (QED) is 0.155. The molecule has 0 aliphatic heterocycles. The highest BCUT2D eigenvalue weighted by molar-refractivity contribution is 6.20. The molecule has 0 bridgehead atoms. The Kier molecular flexibility index (Phi) is 9.35. The molecule has 0 nitrogen and oxygen atoms in total. The fourth-order valence-electron chi connectivity index (χ4n) is 12.0. The van der Waals surface area contributed by atoms with E-state index in [9.17, 15) is 0 Å². The monoisotopic (exact) mass is 852 g/mol. The maximum Gasteiger partial charge on any atom is 0.0165 e. The summed E-state index contributed by atoms with van der Waals surface area (Å²) in [5.74, 6) is 0.308. The van der Waals surface area contributed by atoms with E-state index in [2.05, 4.69) is 227 Å². The van der Waals surface area contributed by atoms with Crippen LogP contribution in [0.1, 0.15) is 162 Å². The van der Waals surface area contributed by atoms with Crippen LogP contribution in [-0.2, 0) is 32.5 Å². The molecular weight excluding hydrogens is 781 g/mol. The van der Waals surface area contributed by atoms with Gasteiger partial charge in [0.1, 0.15) is 0 Å². The van der Waals surface area contributed by atoms with Crippen molar-refractivity contribution in [2.24, 2.45) is 5.92 Å². The summed E-state index contributed by atoms with van der Waals surface area (Å²) < 4.78 is 0. The Morgan fingerprint density at radius 3 is 1.49 bits per heavy atom. The third kappa shape index (κ3) is 6.58. The zero-order valence-corrected chi connectivity index (χ0v) is 42.4. The molecule has 0 aromatic heterocycles. The second-order valence-electron chi connectivity index (χ2n) is 25.3. The molecule has 0 fully saturated rings. The molecule has 2 atom stereocenters. The Balaban J connectivity index is 1.19. The second kappa shape index (κ2) is 13.9. The molecule has 10 rings (SSSR count). The van der Waals surface area contributed by atoms with Crippen LogP contribution in [0.2, 0.25) is 0 Å². The molecule has 0 radical (unpaired) electrons. The van der Waals surface area contributed by atoms with Crippen LogP contribution >= 0.6 is 0 Å². The number of hydrogen-bond acceptors (Lipinski definition) is 0. The van der Waals surface area contributed by atoms with Crippen molar-refractivity contribution in [1.82, 2.24) is 0 Å². The predicted octanol–water partition coefficient (Wildman–Crippen LogP) is 18.5. The van der Waals surface area contributed by atoms with Crippen LogP contribution in [0.3, 0.4) is 0 Å². The Morgan fingerprint density at radius 2 is 0.892 bits per heavy atom. The van der Waals surface area contributed by atoms with Gasteiger partial charge in [-0.15, -0.1) is 0 Å². The van der Waals surface area contributed by atoms with Gasteiger partial charge in [0.25, 0.3) is 0 Å². The van der Waals surface area contributed by atoms with Crippen molar-refractivity contribution in [1.29, 1.82) is 0 Å². The largest absolute Gasteiger partial charge is 0.340 e. The molecule has 3 aliphatic carbocycles. The lowest BCUT2D eigenvalue weighted by Gasteiger charge is -2.34. The van der Waals surface area contributed by atoms with E-state index >= 15 is 0 Å². The van der Waals surface area contributed by atoms with Gasteiger partial charge in [0, 0.05) is 10.8 Å². The molecule has 2 unspecified atom stereocenters. The molecule has 7 aromatic rings. The molecule has 0 saturated carbocycles. The lowest BCUT2D eigenvalue weighted by atomic mass is 9.71. The summed E-state index contributed by atoms with van der Waals surface area (Å²) in [6.07, 6.45) is 1.00. The van der Waals surface area contributed by atoms with Crippen molar-refractivity contribution in [2.75, 3.05) is 0 Å². The third-order valence-electron chi connectivity index (χ3n) is 15.9. The fraction of sp³-hybridized carbons (Fsp3) is 0.369. The molecular formula is C65H71-. The van der Waals surface area contributed by atoms with Gasteiger partial charge in [-0.3, -0.25) is 0 Å². The number of fused-ring (bicyclic) bond motifs is 9. The van der Waals surface area contributed by atoms with E-state index in [0.717, 1.165) is 6.42 Å². The Labute approximate surface area is 392 Å². The van der Waals surface area contributed by atoms with E-state index in [1.165, 1.54) is 122 Å². The summed E-state index contributed by atoms with van der Waals surface area (Å²) in [5, 5.41) is 2.71. The fourth-order valence-corrected chi connectivity index (χ4v) is 12.0. The molecule has 0 heterocycles. The van der Waals surface area contributed by atoms with E-state index < -0.39 is 0 Å². The van der Waals surface area contributed by atoms with Crippen LogP contribution in [0.5, 0.6) is 0 Å². The summed E-state index contributed by atoms with van der Waals surface area (Å²) in [6, 6.07) is 44.1. The van der Waals surface area contributed by atoms with Gasteiger partial charge in [-0.05, 0) is 162 Å². The minimum absolute atomic E-state index is 0.00428. The smallest absolute Gasteiger partial charge is 0.0165 e. The van der Waals surface area contributed by atoms with Crippen molar-refractivity contribution < 1.29 is 0 Å². The lowest BCUT2D eigenvalue weighted by molar-refractivity contribution is 0.459. The molecule has 0 heteroatoms.